The third-order valence-electron chi connectivity index (χ3n) is 16.9. The van der Waals surface area contributed by atoms with Crippen molar-refractivity contribution in [2.24, 2.45) is 46.3 Å². The largest absolute Gasteiger partial charge is 0.463 e. The summed E-state index contributed by atoms with van der Waals surface area (Å²) in [6.45, 7) is 17.8. The lowest BCUT2D eigenvalue weighted by atomic mass is 9.41. The molecule has 20 heteroatoms. The van der Waals surface area contributed by atoms with Crippen molar-refractivity contribution in [1.29, 1.82) is 0 Å². The van der Waals surface area contributed by atoms with Crippen molar-refractivity contribution in [2.75, 3.05) is 27.4 Å². The van der Waals surface area contributed by atoms with Gasteiger partial charge in [-0.25, -0.2) is 0 Å². The average molecular weight is 1010 g/mol. The Bertz CT molecular complexity index is 1910. The van der Waals surface area contributed by atoms with Gasteiger partial charge >= 0.3 is 35.8 Å². The van der Waals surface area contributed by atoms with Crippen LogP contribution in [0.25, 0.3) is 0 Å². The number of fused-ring (bicyclic) bond motifs is 5. The predicted octanol–water partition coefficient (Wildman–Crippen LogP) is 4.13. The molecule has 2 aliphatic heterocycles. The van der Waals surface area contributed by atoms with E-state index in [-0.39, 0.29) is 43.3 Å². The minimum atomic E-state index is -1.47. The van der Waals surface area contributed by atoms with E-state index in [2.05, 4.69) is 13.8 Å². The van der Waals surface area contributed by atoms with E-state index in [1.54, 1.807) is 0 Å². The van der Waals surface area contributed by atoms with Crippen LogP contribution in [0, 0.1) is 46.3 Å². The second-order valence-electron chi connectivity index (χ2n) is 21.9. The highest BCUT2D eigenvalue weighted by atomic mass is 16.8. The number of rotatable bonds is 18. The zero-order valence-corrected chi connectivity index (χ0v) is 43.8. The highest BCUT2D eigenvalue weighted by Crippen LogP contribution is 2.70. The van der Waals surface area contributed by atoms with Crippen molar-refractivity contribution < 1.29 is 95.8 Å². The molecule has 0 radical (unpaired) electrons. The second-order valence-corrected chi connectivity index (χ2v) is 21.9. The molecule has 21 atom stereocenters. The first kappa shape index (κ1) is 56.8. The van der Waals surface area contributed by atoms with Gasteiger partial charge in [0.25, 0.3) is 0 Å². The Kier molecular flexibility index (Phi) is 18.4. The van der Waals surface area contributed by atoms with Gasteiger partial charge in [-0.2, -0.15) is 0 Å². The first-order chi connectivity index (χ1) is 33.3. The maximum absolute atomic E-state index is 13.5. The van der Waals surface area contributed by atoms with E-state index in [0.29, 0.717) is 44.9 Å². The maximum Gasteiger partial charge on any atom is 0.303 e. The van der Waals surface area contributed by atoms with Gasteiger partial charge in [-0.05, 0) is 79.4 Å². The lowest BCUT2D eigenvalue weighted by Gasteiger charge is -2.66. The minimum absolute atomic E-state index is 0.00247. The third-order valence-corrected chi connectivity index (χ3v) is 16.9. The summed E-state index contributed by atoms with van der Waals surface area (Å²) in [6, 6.07) is 0. The molecule has 0 amide bonds. The van der Waals surface area contributed by atoms with Gasteiger partial charge in [-0.1, -0.05) is 34.6 Å². The molecule has 0 bridgehead atoms. The average Bonchev–Trinajstić information content (AvgIpc) is 3.73. The van der Waals surface area contributed by atoms with Crippen LogP contribution < -0.4 is 0 Å². The van der Waals surface area contributed by atoms with Crippen LogP contribution in [0.3, 0.4) is 0 Å². The quantitative estimate of drug-likeness (QED) is 0.145. The van der Waals surface area contributed by atoms with Crippen LogP contribution in [0.2, 0.25) is 0 Å². The number of hydrogen-bond donors (Lipinski definition) is 2. The number of carbonyl (C=O) groups excluding carboxylic acids is 6. The molecule has 0 aromatic carbocycles. The normalized spacial score (nSPS) is 41.6. The standard InChI is InChI=1S/C51H80O20/c1-24(2)33(69-48-45(43(68-31(9)57)38(70-48)23-62-26(4)52)71-47-44(61-13)42(67-30(8)56)37(60-12)22-63-47)15-14-25(3)32-20-35(65-28(6)54)46-49(32,10)19-17-39-50(11)18-16-34(64-27(5)53)41(58)40(50)36(66-29(7)55)21-51(39,46)59/h24-25,32-48,58-59H,14-23H2,1-13H3/t25-,32-,33?,34+,35-,36+,37-,38+,39-,40+,41+,42+,43+,44-,45-,46-,47+,48-,49-,50-,51+/m1/s1. The van der Waals surface area contributed by atoms with E-state index >= 15 is 0 Å². The molecule has 20 nitrogen and oxygen atoms in total. The fourth-order valence-corrected chi connectivity index (χ4v) is 14.2. The van der Waals surface area contributed by atoms with E-state index in [1.165, 1.54) is 55.8 Å². The number of ether oxygens (including phenoxy) is 12. The smallest absolute Gasteiger partial charge is 0.303 e. The van der Waals surface area contributed by atoms with Gasteiger partial charge in [-0.3, -0.25) is 28.8 Å². The highest BCUT2D eigenvalue weighted by molar-refractivity contribution is 5.68. The van der Waals surface area contributed by atoms with Crippen LogP contribution in [0.1, 0.15) is 128 Å². The van der Waals surface area contributed by atoms with Gasteiger partial charge in [0.2, 0.25) is 0 Å². The third kappa shape index (κ3) is 11.9. The molecule has 4 aliphatic carbocycles. The number of carbonyl (C=O) groups is 6. The number of aliphatic hydroxyl groups is 2. The summed E-state index contributed by atoms with van der Waals surface area (Å²) < 4.78 is 71.8. The zero-order valence-electron chi connectivity index (χ0n) is 43.8. The van der Waals surface area contributed by atoms with E-state index in [1.807, 2.05) is 20.8 Å². The molecule has 0 spiro atoms. The zero-order chi connectivity index (χ0) is 52.5. The van der Waals surface area contributed by atoms with Gasteiger partial charge in [0.05, 0.1) is 24.4 Å². The molecule has 71 heavy (non-hydrogen) atoms. The van der Waals surface area contributed by atoms with Crippen molar-refractivity contribution in [1.82, 2.24) is 0 Å². The summed E-state index contributed by atoms with van der Waals surface area (Å²) >= 11 is 0. The Labute approximate surface area is 417 Å². The van der Waals surface area contributed by atoms with Crippen LogP contribution >= 0.6 is 0 Å². The first-order valence-corrected chi connectivity index (χ1v) is 25.3. The first-order valence-electron chi connectivity index (χ1n) is 25.3. The Morgan fingerprint density at radius 1 is 0.662 bits per heavy atom. The van der Waals surface area contributed by atoms with Crippen molar-refractivity contribution in [3.05, 3.63) is 0 Å². The van der Waals surface area contributed by atoms with Crippen LogP contribution in [-0.4, -0.2) is 159 Å². The molecule has 2 N–H and O–H groups in total. The van der Waals surface area contributed by atoms with E-state index < -0.39 is 144 Å². The Hall–Kier alpha value is -3.50. The molecule has 4 saturated carbocycles. The topological polar surface area (TPSA) is 254 Å². The van der Waals surface area contributed by atoms with Gasteiger partial charge in [0.1, 0.15) is 43.2 Å². The molecule has 0 aromatic rings. The van der Waals surface area contributed by atoms with Crippen LogP contribution in [0.4, 0.5) is 0 Å². The summed E-state index contributed by atoms with van der Waals surface area (Å²) in [7, 11) is 2.86. The van der Waals surface area contributed by atoms with Crippen LogP contribution in [0.15, 0.2) is 0 Å². The molecule has 6 aliphatic rings. The molecule has 6 fully saturated rings. The molecular weight excluding hydrogens is 933 g/mol. The van der Waals surface area contributed by atoms with Crippen molar-refractivity contribution in [3.63, 3.8) is 0 Å². The van der Waals surface area contributed by atoms with E-state index in [4.69, 9.17) is 56.8 Å². The highest BCUT2D eigenvalue weighted by Gasteiger charge is 2.73. The van der Waals surface area contributed by atoms with Crippen molar-refractivity contribution >= 4 is 35.8 Å². The predicted molar refractivity (Wildman–Crippen MR) is 246 cm³/mol. The van der Waals surface area contributed by atoms with E-state index in [9.17, 15) is 39.0 Å². The number of methoxy groups -OCH3 is 2. The minimum Gasteiger partial charge on any atom is -0.463 e. The molecule has 0 aromatic heterocycles. The summed E-state index contributed by atoms with van der Waals surface area (Å²) in [5.41, 5.74) is -2.74. The number of hydrogen-bond acceptors (Lipinski definition) is 20. The maximum atomic E-state index is 13.5. The Morgan fingerprint density at radius 3 is 1.83 bits per heavy atom. The molecule has 1 unspecified atom stereocenters. The lowest BCUT2D eigenvalue weighted by molar-refractivity contribution is -0.314. The van der Waals surface area contributed by atoms with Crippen molar-refractivity contribution in [3.8, 4) is 0 Å². The number of esters is 6. The van der Waals surface area contributed by atoms with Gasteiger partial charge in [0, 0.05) is 74.0 Å². The fourth-order valence-electron chi connectivity index (χ4n) is 14.2. The van der Waals surface area contributed by atoms with Crippen LogP contribution in [-0.2, 0) is 85.6 Å². The SMILES string of the molecule is CO[C@H]1[C@H](O[C@H]2[C@H](OC(CC[C@@H](C)[C@H]3C[C@@H](OC(C)=O)[C@@H]4[C@]3(C)CC[C@@H]3[C@@]5(C)CC[C@H](OC(C)=O)[C@H](O)[C@@H]5[C@@H](OC(C)=O)C[C@]34O)C(C)C)O[C@@H](COC(C)=O)[C@@H]2OC(C)=O)OC[C@@H](OC)[C@@H]1OC(C)=O. The van der Waals surface area contributed by atoms with Gasteiger partial charge < -0.3 is 67.1 Å². The fraction of sp³-hybridized carbons (Fsp3) is 0.882. The molecule has 404 valence electrons. The summed E-state index contributed by atoms with van der Waals surface area (Å²) in [5, 5.41) is 25.3. The summed E-state index contributed by atoms with van der Waals surface area (Å²) in [4.78, 5) is 74.6. The molecular formula is C51H80O20. The summed E-state index contributed by atoms with van der Waals surface area (Å²) in [5.74, 6) is -5.02. The van der Waals surface area contributed by atoms with Gasteiger partial charge in [-0.15, -0.1) is 0 Å². The second kappa shape index (κ2) is 22.9. The molecule has 2 saturated heterocycles. The van der Waals surface area contributed by atoms with Crippen molar-refractivity contribution in [2.45, 2.75) is 213 Å². The Morgan fingerprint density at radius 2 is 1.25 bits per heavy atom. The Balaban J connectivity index is 1.26. The van der Waals surface area contributed by atoms with Gasteiger partial charge in [0.15, 0.2) is 30.9 Å². The van der Waals surface area contributed by atoms with E-state index in [0.717, 1.165) is 0 Å². The number of aliphatic hydroxyl groups excluding tert-OH is 1. The lowest BCUT2D eigenvalue weighted by Crippen LogP contribution is -2.71. The molecule has 6 rings (SSSR count). The summed E-state index contributed by atoms with van der Waals surface area (Å²) in [6.07, 6.45) is -8.47. The monoisotopic (exact) mass is 1010 g/mol. The van der Waals surface area contributed by atoms with Crippen LogP contribution in [0.5, 0.6) is 0 Å². The molecule has 2 heterocycles.